The maximum atomic E-state index is 5.65. The van der Waals surface area contributed by atoms with Gasteiger partial charge in [-0.05, 0) is 31.6 Å². The summed E-state index contributed by atoms with van der Waals surface area (Å²) in [4.78, 5) is 0. The van der Waals surface area contributed by atoms with Crippen LogP contribution in [-0.4, -0.2) is 18.1 Å². The van der Waals surface area contributed by atoms with Crippen LogP contribution in [0.1, 0.15) is 32.6 Å². The lowest BCUT2D eigenvalue weighted by Crippen LogP contribution is -2.39. The molecule has 2 heteroatoms. The van der Waals surface area contributed by atoms with Crippen molar-refractivity contribution < 1.29 is 0 Å². The third-order valence-corrected chi connectivity index (χ3v) is 2.56. The van der Waals surface area contributed by atoms with E-state index in [9.17, 15) is 0 Å². The van der Waals surface area contributed by atoms with Crippen LogP contribution in [0.15, 0.2) is 0 Å². The SMILES string of the molecule is CN(N)[C@H]1CC[C@@H](C)CC1. The highest BCUT2D eigenvalue weighted by Crippen LogP contribution is 2.24. The second kappa shape index (κ2) is 3.35. The monoisotopic (exact) mass is 142 g/mol. The van der Waals surface area contributed by atoms with Crippen molar-refractivity contribution >= 4 is 0 Å². The molecule has 2 N–H and O–H groups in total. The summed E-state index contributed by atoms with van der Waals surface area (Å²) in [7, 11) is 1.97. The molecule has 0 radical (unpaired) electrons. The van der Waals surface area contributed by atoms with E-state index in [1.807, 2.05) is 12.1 Å². The Balaban J connectivity index is 2.26. The van der Waals surface area contributed by atoms with Gasteiger partial charge >= 0.3 is 0 Å². The van der Waals surface area contributed by atoms with Crippen LogP contribution in [0.5, 0.6) is 0 Å². The van der Waals surface area contributed by atoms with Gasteiger partial charge in [0, 0.05) is 13.1 Å². The molecule has 1 aliphatic carbocycles. The fourth-order valence-electron chi connectivity index (χ4n) is 1.65. The van der Waals surface area contributed by atoms with Crippen LogP contribution < -0.4 is 5.84 Å². The second-order valence-electron chi connectivity index (χ2n) is 3.58. The summed E-state index contributed by atoms with van der Waals surface area (Å²) in [5.74, 6) is 6.57. The van der Waals surface area contributed by atoms with Crippen molar-refractivity contribution in [3.8, 4) is 0 Å². The molecule has 1 rings (SSSR count). The normalized spacial score (nSPS) is 34.8. The Morgan fingerprint density at radius 2 is 1.70 bits per heavy atom. The van der Waals surface area contributed by atoms with Gasteiger partial charge in [-0.3, -0.25) is 5.84 Å². The lowest BCUT2D eigenvalue weighted by Gasteiger charge is -2.30. The highest BCUT2D eigenvalue weighted by molar-refractivity contribution is 4.73. The predicted octanol–water partition coefficient (Wildman–Crippen LogP) is 1.37. The Labute approximate surface area is 63.4 Å². The average molecular weight is 142 g/mol. The number of hydrazine groups is 1. The van der Waals surface area contributed by atoms with Gasteiger partial charge in [0.05, 0.1) is 0 Å². The Bertz CT molecular complexity index is 93.4. The summed E-state index contributed by atoms with van der Waals surface area (Å²) < 4.78 is 0. The molecule has 0 aromatic rings. The van der Waals surface area contributed by atoms with Crippen LogP contribution in [0.25, 0.3) is 0 Å². The zero-order chi connectivity index (χ0) is 7.56. The molecule has 0 heterocycles. The average Bonchev–Trinajstić information content (AvgIpc) is 1.88. The summed E-state index contributed by atoms with van der Waals surface area (Å²) in [5, 5.41) is 1.87. The number of rotatable bonds is 1. The van der Waals surface area contributed by atoms with Crippen molar-refractivity contribution in [1.82, 2.24) is 5.01 Å². The van der Waals surface area contributed by atoms with E-state index in [-0.39, 0.29) is 0 Å². The zero-order valence-electron chi connectivity index (χ0n) is 7.01. The Morgan fingerprint density at radius 3 is 2.10 bits per heavy atom. The quantitative estimate of drug-likeness (QED) is 0.442. The van der Waals surface area contributed by atoms with Crippen molar-refractivity contribution in [1.29, 1.82) is 0 Å². The molecule has 0 bridgehead atoms. The van der Waals surface area contributed by atoms with Gasteiger partial charge in [0.25, 0.3) is 0 Å². The lowest BCUT2D eigenvalue weighted by atomic mass is 9.87. The van der Waals surface area contributed by atoms with Crippen LogP contribution in [-0.2, 0) is 0 Å². The molecule has 60 valence electrons. The van der Waals surface area contributed by atoms with Gasteiger partial charge in [0.2, 0.25) is 0 Å². The molecule has 0 spiro atoms. The smallest absolute Gasteiger partial charge is 0.0238 e. The van der Waals surface area contributed by atoms with Crippen molar-refractivity contribution in [2.45, 2.75) is 38.6 Å². The first-order chi connectivity index (χ1) is 4.70. The maximum absolute atomic E-state index is 5.65. The standard InChI is InChI=1S/C8H18N2/c1-7-3-5-8(6-4-7)10(2)9/h7-8H,3-6,9H2,1-2H3/t7-,8+. The molecule has 1 aliphatic rings. The topological polar surface area (TPSA) is 29.3 Å². The van der Waals surface area contributed by atoms with E-state index in [4.69, 9.17) is 5.84 Å². The van der Waals surface area contributed by atoms with Gasteiger partial charge in [0.15, 0.2) is 0 Å². The largest absolute Gasteiger partial charge is 0.269 e. The predicted molar refractivity (Wildman–Crippen MR) is 43.4 cm³/mol. The molecular weight excluding hydrogens is 124 g/mol. The van der Waals surface area contributed by atoms with Gasteiger partial charge in [-0.2, -0.15) is 0 Å². The van der Waals surface area contributed by atoms with E-state index in [1.54, 1.807) is 0 Å². The Hall–Kier alpha value is -0.0800. The van der Waals surface area contributed by atoms with Gasteiger partial charge in [-0.15, -0.1) is 0 Å². The van der Waals surface area contributed by atoms with E-state index < -0.39 is 0 Å². The van der Waals surface area contributed by atoms with Crippen LogP contribution in [0.4, 0.5) is 0 Å². The first-order valence-corrected chi connectivity index (χ1v) is 4.17. The number of hydrogen-bond acceptors (Lipinski definition) is 2. The van der Waals surface area contributed by atoms with Gasteiger partial charge in [0.1, 0.15) is 0 Å². The Kier molecular flexibility index (Phi) is 2.69. The van der Waals surface area contributed by atoms with Crippen LogP contribution in [0.3, 0.4) is 0 Å². The van der Waals surface area contributed by atoms with Gasteiger partial charge in [-0.25, -0.2) is 5.01 Å². The Morgan fingerprint density at radius 1 is 1.20 bits per heavy atom. The first-order valence-electron chi connectivity index (χ1n) is 4.17. The number of nitrogens with two attached hydrogens (primary N) is 1. The van der Waals surface area contributed by atoms with Crippen molar-refractivity contribution in [2.75, 3.05) is 7.05 Å². The summed E-state index contributed by atoms with van der Waals surface area (Å²) in [6.07, 6.45) is 5.28. The molecule has 2 nitrogen and oxygen atoms in total. The molecule has 0 unspecified atom stereocenters. The minimum Gasteiger partial charge on any atom is -0.269 e. The lowest BCUT2D eigenvalue weighted by molar-refractivity contribution is 0.173. The number of nitrogens with zero attached hydrogens (tertiary/aromatic N) is 1. The first kappa shape index (κ1) is 8.02. The van der Waals surface area contributed by atoms with Crippen molar-refractivity contribution in [3.63, 3.8) is 0 Å². The van der Waals surface area contributed by atoms with Crippen LogP contribution in [0.2, 0.25) is 0 Å². The van der Waals surface area contributed by atoms with E-state index in [0.29, 0.717) is 6.04 Å². The summed E-state index contributed by atoms with van der Waals surface area (Å²) >= 11 is 0. The molecule has 0 aromatic carbocycles. The molecule has 0 saturated heterocycles. The molecule has 0 aliphatic heterocycles. The van der Waals surface area contributed by atoms with E-state index >= 15 is 0 Å². The zero-order valence-corrected chi connectivity index (χ0v) is 7.01. The molecule has 1 saturated carbocycles. The van der Waals surface area contributed by atoms with Crippen molar-refractivity contribution in [2.24, 2.45) is 11.8 Å². The fraction of sp³-hybridized carbons (Fsp3) is 1.00. The highest BCUT2D eigenvalue weighted by atomic mass is 15.4. The fourth-order valence-corrected chi connectivity index (χ4v) is 1.65. The van der Waals surface area contributed by atoms with Crippen LogP contribution in [0, 0.1) is 5.92 Å². The highest BCUT2D eigenvalue weighted by Gasteiger charge is 2.19. The summed E-state index contributed by atoms with van der Waals surface area (Å²) in [6.45, 7) is 2.33. The molecule has 0 amide bonds. The van der Waals surface area contributed by atoms with Gasteiger partial charge in [-0.1, -0.05) is 6.92 Å². The third-order valence-electron chi connectivity index (χ3n) is 2.56. The number of hydrogen-bond donors (Lipinski definition) is 1. The molecule has 0 aromatic heterocycles. The maximum Gasteiger partial charge on any atom is 0.0238 e. The molecule has 0 atom stereocenters. The van der Waals surface area contributed by atoms with E-state index in [0.717, 1.165) is 5.92 Å². The molecular formula is C8H18N2. The van der Waals surface area contributed by atoms with Crippen LogP contribution >= 0.6 is 0 Å². The molecule has 10 heavy (non-hydrogen) atoms. The molecule has 1 fully saturated rings. The van der Waals surface area contributed by atoms with Gasteiger partial charge < -0.3 is 0 Å². The minimum absolute atomic E-state index is 0.649. The van der Waals surface area contributed by atoms with E-state index in [1.165, 1.54) is 25.7 Å². The third kappa shape index (κ3) is 1.96. The second-order valence-corrected chi connectivity index (χ2v) is 3.58. The summed E-state index contributed by atoms with van der Waals surface area (Å²) in [5.41, 5.74) is 0. The van der Waals surface area contributed by atoms with Crippen molar-refractivity contribution in [3.05, 3.63) is 0 Å². The minimum atomic E-state index is 0.649. The van der Waals surface area contributed by atoms with E-state index in [2.05, 4.69) is 6.92 Å². The summed E-state index contributed by atoms with van der Waals surface area (Å²) in [6, 6.07) is 0.649.